The first-order valence-electron chi connectivity index (χ1n) is 27.8. The van der Waals surface area contributed by atoms with Crippen molar-refractivity contribution in [1.29, 1.82) is 0 Å². The van der Waals surface area contributed by atoms with Crippen LogP contribution in [0.3, 0.4) is 0 Å². The summed E-state index contributed by atoms with van der Waals surface area (Å²) in [4.78, 5) is 0. The molecule has 0 N–H and O–H groups in total. The summed E-state index contributed by atoms with van der Waals surface area (Å²) in [5, 5.41) is 0. The van der Waals surface area contributed by atoms with E-state index in [1.807, 2.05) is 12.1 Å². The zero-order valence-corrected chi connectivity index (χ0v) is 43.4. The molecular weight excluding hydrogens is 911 g/mol. The molecule has 10 unspecified atom stereocenters. The Kier molecular flexibility index (Phi) is 13.5. The average Bonchev–Trinajstić information content (AvgIpc) is 3.42. The predicted molar refractivity (Wildman–Crippen MR) is 297 cm³/mol. The van der Waals surface area contributed by atoms with Gasteiger partial charge in [0.15, 0.2) is 0 Å². The van der Waals surface area contributed by atoms with Crippen LogP contribution >= 0.6 is 0 Å². The summed E-state index contributed by atoms with van der Waals surface area (Å²) >= 11 is 0. The molecular formula is C70H70F2O2. The van der Waals surface area contributed by atoms with E-state index < -0.39 is 5.60 Å². The lowest BCUT2D eigenvalue weighted by atomic mass is 9.62. The van der Waals surface area contributed by atoms with E-state index in [9.17, 15) is 0 Å². The topological polar surface area (TPSA) is 18.5 Å². The largest absolute Gasteiger partial charge is 0.496 e. The first-order chi connectivity index (χ1) is 36.2. The van der Waals surface area contributed by atoms with Crippen LogP contribution in [0.25, 0.3) is 11.1 Å². The van der Waals surface area contributed by atoms with Gasteiger partial charge in [0.25, 0.3) is 0 Å². The molecule has 10 atom stereocenters. The van der Waals surface area contributed by atoms with Gasteiger partial charge in [0.2, 0.25) is 0 Å². The van der Waals surface area contributed by atoms with E-state index in [1.165, 1.54) is 44.5 Å². The van der Waals surface area contributed by atoms with Crippen molar-refractivity contribution in [3.05, 3.63) is 249 Å². The molecule has 4 heteroatoms. The summed E-state index contributed by atoms with van der Waals surface area (Å²) in [6.45, 7) is 4.89. The SMILES string of the molecule is COc1c(CCC(C)C2CCC3CC(Cc4ccccc4)(Oc4c(cc(F)cc4C4CC5C=CC=CC5c5ccccc54)CC3C)C(Cc3ccccc3)C2)cc(F)cc1C1Cc2ccccc2-c2ccccc21. The van der Waals surface area contributed by atoms with Crippen molar-refractivity contribution >= 4 is 0 Å². The summed E-state index contributed by atoms with van der Waals surface area (Å²) in [7, 11) is 1.76. The zero-order valence-electron chi connectivity index (χ0n) is 43.4. The Labute approximate surface area is 438 Å². The molecule has 5 aliphatic rings. The Balaban J connectivity index is 0.924. The number of ether oxygens (including phenoxy) is 2. The second-order valence-electron chi connectivity index (χ2n) is 23.0. The van der Waals surface area contributed by atoms with E-state index in [0.29, 0.717) is 35.5 Å². The monoisotopic (exact) mass is 981 g/mol. The third-order valence-electron chi connectivity index (χ3n) is 18.7. The molecule has 0 radical (unpaired) electrons. The van der Waals surface area contributed by atoms with Crippen molar-refractivity contribution in [3.8, 4) is 22.6 Å². The van der Waals surface area contributed by atoms with E-state index in [0.717, 1.165) is 104 Å². The summed E-state index contributed by atoms with van der Waals surface area (Å²) in [5.74, 6) is 3.56. The van der Waals surface area contributed by atoms with Gasteiger partial charge in [-0.2, -0.15) is 0 Å². The number of allylic oxidation sites excluding steroid dienone is 4. The van der Waals surface area contributed by atoms with Gasteiger partial charge >= 0.3 is 0 Å². The number of hydrogen-bond acceptors (Lipinski definition) is 2. The van der Waals surface area contributed by atoms with Gasteiger partial charge in [-0.3, -0.25) is 0 Å². The van der Waals surface area contributed by atoms with Crippen LogP contribution in [0.15, 0.2) is 182 Å². The van der Waals surface area contributed by atoms with Gasteiger partial charge in [0, 0.05) is 41.2 Å². The van der Waals surface area contributed by atoms with E-state index in [4.69, 9.17) is 9.47 Å². The quantitative estimate of drug-likeness (QED) is 0.129. The van der Waals surface area contributed by atoms with Gasteiger partial charge in [0.05, 0.1) is 7.11 Å². The van der Waals surface area contributed by atoms with Gasteiger partial charge in [-0.25, -0.2) is 8.78 Å². The van der Waals surface area contributed by atoms with Crippen LogP contribution in [0.5, 0.6) is 11.5 Å². The lowest BCUT2D eigenvalue weighted by Gasteiger charge is -2.50. The maximum absolute atomic E-state index is 16.5. The third-order valence-corrected chi connectivity index (χ3v) is 18.7. The van der Waals surface area contributed by atoms with Crippen molar-refractivity contribution in [2.24, 2.45) is 35.5 Å². The Morgan fingerprint density at radius 1 is 0.635 bits per heavy atom. The number of halogens is 2. The van der Waals surface area contributed by atoms with Crippen molar-refractivity contribution in [1.82, 2.24) is 0 Å². The van der Waals surface area contributed by atoms with Gasteiger partial charge < -0.3 is 9.47 Å². The van der Waals surface area contributed by atoms with E-state index in [-0.39, 0.29) is 29.4 Å². The van der Waals surface area contributed by atoms with Gasteiger partial charge in [-0.1, -0.05) is 172 Å². The number of hydrogen-bond donors (Lipinski definition) is 0. The molecule has 376 valence electrons. The summed E-state index contributed by atoms with van der Waals surface area (Å²) < 4.78 is 47.3. The molecule has 0 aromatic heterocycles. The maximum atomic E-state index is 16.5. The van der Waals surface area contributed by atoms with Crippen LogP contribution in [0.4, 0.5) is 8.78 Å². The van der Waals surface area contributed by atoms with E-state index in [1.54, 1.807) is 19.2 Å². The molecule has 7 aromatic rings. The summed E-state index contributed by atoms with van der Waals surface area (Å²) in [6, 6.07) is 55.4. The molecule has 2 nitrogen and oxygen atoms in total. The highest BCUT2D eigenvalue weighted by atomic mass is 19.1. The van der Waals surface area contributed by atoms with Crippen LogP contribution in [0.2, 0.25) is 0 Å². The van der Waals surface area contributed by atoms with E-state index >= 15 is 8.78 Å². The molecule has 12 rings (SSSR count). The Morgan fingerprint density at radius 2 is 1.31 bits per heavy atom. The molecule has 1 aliphatic heterocycles. The number of methoxy groups -OCH3 is 1. The second-order valence-corrected chi connectivity index (χ2v) is 23.0. The Morgan fingerprint density at radius 3 is 2.11 bits per heavy atom. The normalized spacial score (nSPS) is 26.0. The lowest BCUT2D eigenvalue weighted by Crippen LogP contribution is -2.52. The fourth-order valence-electron chi connectivity index (χ4n) is 14.9. The van der Waals surface area contributed by atoms with E-state index in [2.05, 4.69) is 172 Å². The molecule has 1 fully saturated rings. The molecule has 1 heterocycles. The van der Waals surface area contributed by atoms with Crippen LogP contribution in [0, 0.1) is 47.1 Å². The summed E-state index contributed by atoms with van der Waals surface area (Å²) in [5.41, 5.74) is 13.5. The van der Waals surface area contributed by atoms with Crippen molar-refractivity contribution in [2.75, 3.05) is 7.11 Å². The number of fused-ring (bicyclic) bond motifs is 9. The molecule has 7 aromatic carbocycles. The highest BCUT2D eigenvalue weighted by Crippen LogP contribution is 2.55. The lowest BCUT2D eigenvalue weighted by molar-refractivity contribution is -0.0513. The first-order valence-corrected chi connectivity index (χ1v) is 27.8. The minimum atomic E-state index is -0.587. The Hall–Kier alpha value is -6.52. The van der Waals surface area contributed by atoms with Crippen molar-refractivity contribution < 1.29 is 18.3 Å². The first kappa shape index (κ1) is 48.4. The molecule has 74 heavy (non-hydrogen) atoms. The molecule has 0 amide bonds. The molecule has 0 saturated heterocycles. The Bertz CT molecular complexity index is 3190. The zero-order chi connectivity index (χ0) is 50.3. The highest BCUT2D eigenvalue weighted by Gasteiger charge is 2.49. The summed E-state index contributed by atoms with van der Waals surface area (Å²) in [6.07, 6.45) is 19.0. The van der Waals surface area contributed by atoms with Crippen molar-refractivity contribution in [3.63, 3.8) is 0 Å². The highest BCUT2D eigenvalue weighted by molar-refractivity contribution is 5.75. The van der Waals surface area contributed by atoms with Crippen LogP contribution < -0.4 is 9.47 Å². The van der Waals surface area contributed by atoms with Crippen molar-refractivity contribution in [2.45, 2.75) is 108 Å². The second kappa shape index (κ2) is 20.7. The van der Waals surface area contributed by atoms with Crippen LogP contribution in [0.1, 0.15) is 126 Å². The fourth-order valence-corrected chi connectivity index (χ4v) is 14.9. The smallest absolute Gasteiger partial charge is 0.127 e. The van der Waals surface area contributed by atoms with Gasteiger partial charge in [-0.15, -0.1) is 0 Å². The molecule has 4 aliphatic carbocycles. The standard InChI is InChI=1S/C70H70F2O2/c1-45(30-31-52-37-56(71)41-66(68(52)73-3)64-39-50-22-10-12-24-58(50)60-26-14-16-28-62(60)64)49-32-33-53-44-70(43-48-20-8-5-9-21-48,55(36-49)35-47-18-6-4-7-19-47)74-69-54(34-46(53)2)38-57(72)42-67(69)65-40-51-23-11-13-25-59(51)61-27-15-17-29-63(61)65/h4-29,37-38,41-42,45-46,49,51,53,55,59,64-65H,30-36,39-40,43-44H2,1-3H3. The third kappa shape index (κ3) is 9.37. The fraction of sp³-hybridized carbons (Fsp3) is 0.343. The number of rotatable bonds is 11. The molecule has 0 spiro atoms. The maximum Gasteiger partial charge on any atom is 0.127 e. The van der Waals surface area contributed by atoms with Gasteiger partial charge in [0.1, 0.15) is 28.7 Å². The van der Waals surface area contributed by atoms with Gasteiger partial charge in [-0.05, 0) is 174 Å². The van der Waals surface area contributed by atoms with Crippen LogP contribution in [-0.4, -0.2) is 12.7 Å². The molecule has 2 bridgehead atoms. The average molecular weight is 981 g/mol. The van der Waals surface area contributed by atoms with Crippen LogP contribution in [-0.2, 0) is 32.1 Å². The molecule has 1 saturated carbocycles. The minimum absolute atomic E-state index is 0.00903. The minimum Gasteiger partial charge on any atom is -0.496 e. The number of benzene rings is 7. The predicted octanol–water partition coefficient (Wildman–Crippen LogP) is 17.2. The number of aryl methyl sites for hydroxylation is 1.